The highest BCUT2D eigenvalue weighted by Gasteiger charge is 2.16. The average molecular weight is 415 g/mol. The van der Waals surface area contributed by atoms with E-state index in [1.807, 2.05) is 69.3 Å². The first-order chi connectivity index (χ1) is 15.0. The molecular weight excluding hydrogens is 388 g/mol. The molecule has 0 aliphatic rings. The predicted octanol–water partition coefficient (Wildman–Crippen LogP) is 4.67. The van der Waals surface area contributed by atoms with E-state index in [4.69, 9.17) is 4.74 Å². The van der Waals surface area contributed by atoms with E-state index < -0.39 is 0 Å². The largest absolute Gasteiger partial charge is 0.493 e. The monoisotopic (exact) mass is 414 g/mol. The number of carbonyl (C=O) groups is 1. The van der Waals surface area contributed by atoms with Gasteiger partial charge in [-0.1, -0.05) is 42.5 Å². The molecule has 3 aromatic carbocycles. The maximum absolute atomic E-state index is 13.1. The van der Waals surface area contributed by atoms with Crippen LogP contribution in [0.5, 0.6) is 5.75 Å². The first kappa shape index (κ1) is 20.7. The summed E-state index contributed by atoms with van der Waals surface area (Å²) in [6.45, 7) is 6.74. The van der Waals surface area contributed by atoms with Crippen molar-refractivity contribution in [2.45, 2.75) is 27.2 Å². The molecule has 0 aliphatic heterocycles. The highest BCUT2D eigenvalue weighted by Crippen LogP contribution is 2.28. The van der Waals surface area contributed by atoms with Gasteiger partial charge < -0.3 is 15.0 Å². The molecule has 0 unspecified atom stereocenters. The van der Waals surface area contributed by atoms with Gasteiger partial charge in [0.2, 0.25) is 0 Å². The maximum Gasteiger partial charge on any atom is 0.255 e. The van der Waals surface area contributed by atoms with Crippen LogP contribution in [-0.2, 0) is 6.42 Å². The number of aromatic nitrogens is 1. The average Bonchev–Trinajstić information content (AvgIpc) is 2.77. The molecule has 0 radical (unpaired) electrons. The summed E-state index contributed by atoms with van der Waals surface area (Å²) >= 11 is 0. The third-order valence-electron chi connectivity index (χ3n) is 5.62. The number of hydrogen-bond donors (Lipinski definition) is 2. The highest BCUT2D eigenvalue weighted by atomic mass is 16.5. The Bertz CT molecular complexity index is 1340. The number of aryl methyl sites for hydroxylation is 2. The molecule has 158 valence electrons. The molecule has 0 atom stereocenters. The van der Waals surface area contributed by atoms with E-state index in [0.29, 0.717) is 36.4 Å². The van der Waals surface area contributed by atoms with Crippen molar-refractivity contribution in [3.8, 4) is 5.75 Å². The number of amides is 1. The van der Waals surface area contributed by atoms with Gasteiger partial charge in [-0.2, -0.15) is 0 Å². The standard InChI is InChI=1S/C26H26N2O3/c1-4-31-22-12-11-18-7-5-6-8-20(18)23(22)26(30)27-14-13-19-15-21-16(2)9-10-17(3)24(21)28-25(19)29/h5-12,15H,4,13-14H2,1-3H3,(H,27,30)(H,28,29). The summed E-state index contributed by atoms with van der Waals surface area (Å²) in [5.41, 5.74) is 4.09. The zero-order chi connectivity index (χ0) is 22.0. The molecule has 4 aromatic rings. The van der Waals surface area contributed by atoms with Gasteiger partial charge in [0.15, 0.2) is 0 Å². The molecule has 0 spiro atoms. The molecule has 1 amide bonds. The molecule has 5 nitrogen and oxygen atoms in total. The first-order valence-electron chi connectivity index (χ1n) is 10.5. The number of H-pyrrole nitrogens is 1. The van der Waals surface area contributed by atoms with Crippen molar-refractivity contribution >= 4 is 27.6 Å². The second-order valence-electron chi connectivity index (χ2n) is 7.71. The zero-order valence-corrected chi connectivity index (χ0v) is 18.0. The molecule has 2 N–H and O–H groups in total. The van der Waals surface area contributed by atoms with Gasteiger partial charge in [-0.25, -0.2) is 0 Å². The van der Waals surface area contributed by atoms with Gasteiger partial charge in [0.25, 0.3) is 11.5 Å². The van der Waals surface area contributed by atoms with Gasteiger partial charge in [-0.3, -0.25) is 9.59 Å². The molecule has 4 rings (SSSR count). The summed E-state index contributed by atoms with van der Waals surface area (Å²) in [6.07, 6.45) is 0.444. The lowest BCUT2D eigenvalue weighted by molar-refractivity contribution is 0.0952. The van der Waals surface area contributed by atoms with Crippen LogP contribution < -0.4 is 15.6 Å². The van der Waals surface area contributed by atoms with E-state index in [0.717, 1.165) is 32.8 Å². The van der Waals surface area contributed by atoms with Crippen molar-refractivity contribution in [3.05, 3.63) is 87.2 Å². The van der Waals surface area contributed by atoms with E-state index in [2.05, 4.69) is 16.4 Å². The van der Waals surface area contributed by atoms with Crippen LogP contribution in [-0.4, -0.2) is 24.0 Å². The van der Waals surface area contributed by atoms with Crippen LogP contribution in [0.3, 0.4) is 0 Å². The third-order valence-corrected chi connectivity index (χ3v) is 5.62. The maximum atomic E-state index is 13.1. The Labute approximate surface area is 181 Å². The van der Waals surface area contributed by atoms with Crippen molar-refractivity contribution in [2.75, 3.05) is 13.2 Å². The van der Waals surface area contributed by atoms with Crippen molar-refractivity contribution < 1.29 is 9.53 Å². The van der Waals surface area contributed by atoms with Crippen LogP contribution in [0.4, 0.5) is 0 Å². The number of carbonyl (C=O) groups excluding carboxylic acids is 1. The van der Waals surface area contributed by atoms with E-state index in [-0.39, 0.29) is 11.5 Å². The van der Waals surface area contributed by atoms with Gasteiger partial charge in [0, 0.05) is 17.5 Å². The molecule has 1 aromatic heterocycles. The van der Waals surface area contributed by atoms with Crippen molar-refractivity contribution in [3.63, 3.8) is 0 Å². The van der Waals surface area contributed by atoms with Crippen LogP contribution >= 0.6 is 0 Å². The second-order valence-corrected chi connectivity index (χ2v) is 7.71. The Morgan fingerprint density at radius 3 is 2.58 bits per heavy atom. The van der Waals surface area contributed by atoms with Crippen molar-refractivity contribution in [1.29, 1.82) is 0 Å². The van der Waals surface area contributed by atoms with Gasteiger partial charge >= 0.3 is 0 Å². The number of benzene rings is 3. The summed E-state index contributed by atoms with van der Waals surface area (Å²) in [6, 6.07) is 17.5. The van der Waals surface area contributed by atoms with E-state index >= 15 is 0 Å². The van der Waals surface area contributed by atoms with E-state index in [9.17, 15) is 9.59 Å². The number of pyridine rings is 1. The van der Waals surface area contributed by atoms with Crippen molar-refractivity contribution in [2.24, 2.45) is 0 Å². The Morgan fingerprint density at radius 1 is 1.00 bits per heavy atom. The Balaban J connectivity index is 1.58. The quantitative estimate of drug-likeness (QED) is 0.482. The Kier molecular flexibility index (Phi) is 5.76. The number of rotatable bonds is 6. The Morgan fingerprint density at radius 2 is 1.77 bits per heavy atom. The fraction of sp³-hybridized carbons (Fsp3) is 0.231. The molecule has 0 bridgehead atoms. The minimum Gasteiger partial charge on any atom is -0.493 e. The molecule has 5 heteroatoms. The number of ether oxygens (including phenoxy) is 1. The summed E-state index contributed by atoms with van der Waals surface area (Å²) in [5, 5.41) is 5.83. The van der Waals surface area contributed by atoms with Crippen LogP contribution in [0.2, 0.25) is 0 Å². The number of hydrogen-bond acceptors (Lipinski definition) is 3. The summed E-state index contributed by atoms with van der Waals surface area (Å²) in [7, 11) is 0. The lowest BCUT2D eigenvalue weighted by Crippen LogP contribution is -2.28. The number of fused-ring (bicyclic) bond motifs is 2. The summed E-state index contributed by atoms with van der Waals surface area (Å²) < 4.78 is 5.71. The lowest BCUT2D eigenvalue weighted by Gasteiger charge is -2.14. The van der Waals surface area contributed by atoms with E-state index in [1.54, 1.807) is 0 Å². The van der Waals surface area contributed by atoms with Crippen molar-refractivity contribution in [1.82, 2.24) is 10.3 Å². The fourth-order valence-electron chi connectivity index (χ4n) is 3.96. The molecular formula is C26H26N2O3. The number of nitrogens with one attached hydrogen (secondary N) is 2. The normalized spacial score (nSPS) is 11.1. The molecule has 0 saturated heterocycles. The molecule has 0 fully saturated rings. The highest BCUT2D eigenvalue weighted by molar-refractivity contribution is 6.09. The minimum absolute atomic E-state index is 0.115. The molecule has 0 aliphatic carbocycles. The van der Waals surface area contributed by atoms with Gasteiger partial charge in [-0.15, -0.1) is 0 Å². The van der Waals surface area contributed by atoms with Crippen LogP contribution in [0.25, 0.3) is 21.7 Å². The van der Waals surface area contributed by atoms with Gasteiger partial charge in [-0.05, 0) is 61.2 Å². The smallest absolute Gasteiger partial charge is 0.255 e. The van der Waals surface area contributed by atoms with Crippen LogP contribution in [0.15, 0.2) is 59.4 Å². The molecule has 1 heterocycles. The minimum atomic E-state index is -0.204. The van der Waals surface area contributed by atoms with E-state index in [1.165, 1.54) is 0 Å². The topological polar surface area (TPSA) is 71.2 Å². The lowest BCUT2D eigenvalue weighted by atomic mass is 10.0. The van der Waals surface area contributed by atoms with Crippen LogP contribution in [0, 0.1) is 13.8 Å². The summed E-state index contributed by atoms with van der Waals surface area (Å²) in [4.78, 5) is 28.6. The second kappa shape index (κ2) is 8.64. The van der Waals surface area contributed by atoms with Gasteiger partial charge in [0.1, 0.15) is 5.75 Å². The first-order valence-corrected chi connectivity index (χ1v) is 10.5. The fourth-order valence-corrected chi connectivity index (χ4v) is 3.96. The predicted molar refractivity (Wildman–Crippen MR) is 125 cm³/mol. The van der Waals surface area contributed by atoms with Crippen LogP contribution in [0.1, 0.15) is 34.0 Å². The third kappa shape index (κ3) is 4.04. The SMILES string of the molecule is CCOc1ccc2ccccc2c1C(=O)NCCc1cc2c(C)ccc(C)c2[nH]c1=O. The molecule has 31 heavy (non-hydrogen) atoms. The zero-order valence-electron chi connectivity index (χ0n) is 18.0. The number of aromatic amines is 1. The van der Waals surface area contributed by atoms with Gasteiger partial charge in [0.05, 0.1) is 17.7 Å². The summed E-state index contributed by atoms with van der Waals surface area (Å²) in [5.74, 6) is 0.359. The Hall–Kier alpha value is -3.60. The molecule has 0 saturated carbocycles.